The van der Waals surface area contributed by atoms with Crippen LogP contribution in [0.25, 0.3) is 0 Å². The summed E-state index contributed by atoms with van der Waals surface area (Å²) in [5, 5.41) is 6.14. The van der Waals surface area contributed by atoms with Crippen LogP contribution in [0.5, 0.6) is 0 Å². The average Bonchev–Trinajstić information content (AvgIpc) is 2.43. The third-order valence-corrected chi connectivity index (χ3v) is 3.14. The van der Waals surface area contributed by atoms with Crippen molar-refractivity contribution in [3.05, 3.63) is 53.3 Å². The van der Waals surface area contributed by atoms with E-state index in [1.807, 2.05) is 45.0 Å². The molecule has 2 rings (SSSR count). The number of hydrogen-bond donors (Lipinski definition) is 2. The standard InChI is InChI=1S/C16H19N3O/c1-4-18-14-6-5-13(9-12(14)3)16(20)19-15-10-17-8-7-11(15)2/h5-10,18H,4H2,1-3H3,(H,19,20). The second kappa shape index (κ2) is 6.19. The Morgan fingerprint density at radius 3 is 2.60 bits per heavy atom. The van der Waals surface area contributed by atoms with Crippen LogP contribution in [0.15, 0.2) is 36.7 Å². The summed E-state index contributed by atoms with van der Waals surface area (Å²) >= 11 is 0. The van der Waals surface area contributed by atoms with Gasteiger partial charge in [-0.1, -0.05) is 0 Å². The van der Waals surface area contributed by atoms with Crippen LogP contribution >= 0.6 is 0 Å². The first kappa shape index (κ1) is 14.1. The number of aryl methyl sites for hydroxylation is 2. The minimum Gasteiger partial charge on any atom is -0.385 e. The molecule has 0 saturated heterocycles. The Kier molecular flexibility index (Phi) is 4.35. The average molecular weight is 269 g/mol. The molecule has 0 aliphatic rings. The van der Waals surface area contributed by atoms with Crippen LogP contribution in [0.3, 0.4) is 0 Å². The number of nitrogens with one attached hydrogen (secondary N) is 2. The summed E-state index contributed by atoms with van der Waals surface area (Å²) in [6.07, 6.45) is 3.37. The van der Waals surface area contributed by atoms with Gasteiger partial charge in [-0.2, -0.15) is 0 Å². The number of benzene rings is 1. The molecule has 0 aliphatic heterocycles. The number of rotatable bonds is 4. The van der Waals surface area contributed by atoms with E-state index in [0.29, 0.717) is 5.56 Å². The molecule has 0 atom stereocenters. The fourth-order valence-electron chi connectivity index (χ4n) is 1.98. The highest BCUT2D eigenvalue weighted by Crippen LogP contribution is 2.18. The lowest BCUT2D eigenvalue weighted by molar-refractivity contribution is 0.102. The molecule has 0 unspecified atom stereocenters. The van der Waals surface area contributed by atoms with Gasteiger partial charge in [-0.3, -0.25) is 9.78 Å². The SMILES string of the molecule is CCNc1ccc(C(=O)Nc2cnccc2C)cc1C. The maximum Gasteiger partial charge on any atom is 0.255 e. The summed E-state index contributed by atoms with van der Waals surface area (Å²) in [5.41, 5.74) is 4.50. The fourth-order valence-corrected chi connectivity index (χ4v) is 1.98. The van der Waals surface area contributed by atoms with E-state index in [9.17, 15) is 4.79 Å². The Bertz CT molecular complexity index is 623. The number of hydrogen-bond acceptors (Lipinski definition) is 3. The van der Waals surface area contributed by atoms with Crippen LogP contribution < -0.4 is 10.6 Å². The van der Waals surface area contributed by atoms with Crippen molar-refractivity contribution in [1.29, 1.82) is 0 Å². The van der Waals surface area contributed by atoms with Crippen molar-refractivity contribution in [2.75, 3.05) is 17.2 Å². The number of pyridine rings is 1. The summed E-state index contributed by atoms with van der Waals surface area (Å²) < 4.78 is 0. The maximum absolute atomic E-state index is 12.2. The van der Waals surface area contributed by atoms with E-state index < -0.39 is 0 Å². The summed E-state index contributed by atoms with van der Waals surface area (Å²) in [7, 11) is 0. The molecular formula is C16H19N3O. The molecule has 0 aliphatic carbocycles. The Morgan fingerprint density at radius 2 is 1.95 bits per heavy atom. The summed E-state index contributed by atoms with van der Waals surface area (Å²) in [6, 6.07) is 7.52. The van der Waals surface area contributed by atoms with E-state index in [1.165, 1.54) is 0 Å². The van der Waals surface area contributed by atoms with Gasteiger partial charge in [-0.15, -0.1) is 0 Å². The van der Waals surface area contributed by atoms with Crippen LogP contribution in [-0.2, 0) is 0 Å². The Labute approximate surface area is 119 Å². The van der Waals surface area contributed by atoms with Gasteiger partial charge in [0.15, 0.2) is 0 Å². The second-order valence-corrected chi connectivity index (χ2v) is 4.70. The first-order chi connectivity index (χ1) is 9.61. The number of nitrogens with zero attached hydrogens (tertiary/aromatic N) is 1. The minimum atomic E-state index is -0.118. The van der Waals surface area contributed by atoms with Gasteiger partial charge in [0, 0.05) is 24.0 Å². The third kappa shape index (κ3) is 3.15. The molecular weight excluding hydrogens is 250 g/mol. The van der Waals surface area contributed by atoms with E-state index in [-0.39, 0.29) is 5.91 Å². The first-order valence-electron chi connectivity index (χ1n) is 6.68. The van der Waals surface area contributed by atoms with E-state index in [0.717, 1.165) is 29.0 Å². The van der Waals surface area contributed by atoms with E-state index >= 15 is 0 Å². The van der Waals surface area contributed by atoms with Gasteiger partial charge in [-0.05, 0) is 56.2 Å². The van der Waals surface area contributed by atoms with Gasteiger partial charge in [0.25, 0.3) is 5.91 Å². The van der Waals surface area contributed by atoms with E-state index in [1.54, 1.807) is 12.4 Å². The molecule has 2 N–H and O–H groups in total. The summed E-state index contributed by atoms with van der Waals surface area (Å²) in [4.78, 5) is 16.3. The number of anilines is 2. The summed E-state index contributed by atoms with van der Waals surface area (Å²) in [5.74, 6) is -0.118. The zero-order chi connectivity index (χ0) is 14.5. The van der Waals surface area contributed by atoms with Crippen LogP contribution in [0, 0.1) is 13.8 Å². The lowest BCUT2D eigenvalue weighted by Gasteiger charge is -2.11. The quantitative estimate of drug-likeness (QED) is 0.894. The first-order valence-corrected chi connectivity index (χ1v) is 6.68. The Hall–Kier alpha value is -2.36. The van der Waals surface area contributed by atoms with Gasteiger partial charge in [0.05, 0.1) is 11.9 Å². The van der Waals surface area contributed by atoms with Crippen molar-refractivity contribution in [3.8, 4) is 0 Å². The zero-order valence-corrected chi connectivity index (χ0v) is 12.0. The molecule has 4 heteroatoms. The molecule has 1 aromatic carbocycles. The van der Waals surface area contributed by atoms with Crippen LogP contribution in [0.4, 0.5) is 11.4 Å². The summed E-state index contributed by atoms with van der Waals surface area (Å²) in [6.45, 7) is 6.84. The van der Waals surface area contributed by atoms with Crippen LogP contribution in [0.1, 0.15) is 28.4 Å². The molecule has 0 bridgehead atoms. The van der Waals surface area contributed by atoms with Gasteiger partial charge >= 0.3 is 0 Å². The fraction of sp³-hybridized carbons (Fsp3) is 0.250. The number of carbonyl (C=O) groups excluding carboxylic acids is 1. The maximum atomic E-state index is 12.2. The monoisotopic (exact) mass is 269 g/mol. The van der Waals surface area contributed by atoms with Crippen molar-refractivity contribution in [2.24, 2.45) is 0 Å². The Morgan fingerprint density at radius 1 is 1.15 bits per heavy atom. The molecule has 1 amide bonds. The molecule has 1 aromatic heterocycles. The lowest BCUT2D eigenvalue weighted by atomic mass is 10.1. The molecule has 104 valence electrons. The molecule has 20 heavy (non-hydrogen) atoms. The number of amides is 1. The second-order valence-electron chi connectivity index (χ2n) is 4.70. The molecule has 1 heterocycles. The van der Waals surface area contributed by atoms with E-state index in [4.69, 9.17) is 0 Å². The third-order valence-electron chi connectivity index (χ3n) is 3.14. The van der Waals surface area contributed by atoms with Gasteiger partial charge in [0.1, 0.15) is 0 Å². The van der Waals surface area contributed by atoms with Crippen LogP contribution in [-0.4, -0.2) is 17.4 Å². The zero-order valence-electron chi connectivity index (χ0n) is 12.0. The van der Waals surface area contributed by atoms with E-state index in [2.05, 4.69) is 15.6 Å². The normalized spacial score (nSPS) is 10.2. The molecule has 4 nitrogen and oxygen atoms in total. The smallest absolute Gasteiger partial charge is 0.255 e. The highest BCUT2D eigenvalue weighted by Gasteiger charge is 2.09. The van der Waals surface area contributed by atoms with Crippen molar-refractivity contribution < 1.29 is 4.79 Å². The minimum absolute atomic E-state index is 0.118. The van der Waals surface area contributed by atoms with Crippen molar-refractivity contribution in [2.45, 2.75) is 20.8 Å². The Balaban J connectivity index is 2.18. The van der Waals surface area contributed by atoms with Crippen molar-refractivity contribution >= 4 is 17.3 Å². The van der Waals surface area contributed by atoms with Crippen LogP contribution in [0.2, 0.25) is 0 Å². The van der Waals surface area contributed by atoms with Gasteiger partial charge < -0.3 is 10.6 Å². The predicted molar refractivity (Wildman–Crippen MR) is 82.3 cm³/mol. The highest BCUT2D eigenvalue weighted by atomic mass is 16.1. The molecule has 0 spiro atoms. The molecule has 2 aromatic rings. The van der Waals surface area contributed by atoms with Crippen molar-refractivity contribution in [3.63, 3.8) is 0 Å². The van der Waals surface area contributed by atoms with Crippen molar-refractivity contribution in [1.82, 2.24) is 4.98 Å². The molecule has 0 saturated carbocycles. The number of carbonyl (C=O) groups is 1. The number of aromatic nitrogens is 1. The topological polar surface area (TPSA) is 54.0 Å². The van der Waals surface area contributed by atoms with Gasteiger partial charge in [0.2, 0.25) is 0 Å². The molecule has 0 fully saturated rings. The highest BCUT2D eigenvalue weighted by molar-refractivity contribution is 6.04. The molecule has 0 radical (unpaired) electrons. The largest absolute Gasteiger partial charge is 0.385 e. The van der Waals surface area contributed by atoms with Gasteiger partial charge in [-0.25, -0.2) is 0 Å². The lowest BCUT2D eigenvalue weighted by Crippen LogP contribution is -2.13. The predicted octanol–water partition coefficient (Wildman–Crippen LogP) is 3.38.